The van der Waals surface area contributed by atoms with E-state index in [4.69, 9.17) is 4.74 Å². The van der Waals surface area contributed by atoms with Gasteiger partial charge in [0.1, 0.15) is 5.60 Å². The Morgan fingerprint density at radius 3 is 1.92 bits per heavy atom. The monoisotopic (exact) mass is 492 g/mol. The fraction of sp³-hybridized carbons (Fsp3) is 0.320. The van der Waals surface area contributed by atoms with Crippen LogP contribution in [0.15, 0.2) is 42.5 Å². The maximum Gasteiger partial charge on any atom is 0.412 e. The lowest BCUT2D eigenvalue weighted by molar-refractivity contribution is -0.123. The molecule has 0 fully saturated rings. The van der Waals surface area contributed by atoms with Gasteiger partial charge in [0.25, 0.3) is 0 Å². The zero-order chi connectivity index (χ0) is 26.7. The first-order valence-electron chi connectivity index (χ1n) is 11.1. The molecule has 3 aromatic rings. The van der Waals surface area contributed by atoms with Crippen molar-refractivity contribution in [3.05, 3.63) is 48.0 Å². The summed E-state index contributed by atoms with van der Waals surface area (Å²) in [5, 5.41) is 31.2. The van der Waals surface area contributed by atoms with E-state index < -0.39 is 23.1 Å². The highest BCUT2D eigenvalue weighted by atomic mass is 16.6. The van der Waals surface area contributed by atoms with Crippen LogP contribution in [0, 0.1) is 5.41 Å². The van der Waals surface area contributed by atoms with Crippen LogP contribution in [0.1, 0.15) is 51.9 Å². The van der Waals surface area contributed by atoms with E-state index in [-0.39, 0.29) is 28.8 Å². The van der Waals surface area contributed by atoms with E-state index in [9.17, 15) is 19.5 Å². The number of carboxylic acids is 1. The summed E-state index contributed by atoms with van der Waals surface area (Å²) < 4.78 is 5.27. The molecule has 0 aliphatic carbocycles. The molecule has 3 N–H and O–H groups in total. The van der Waals surface area contributed by atoms with Gasteiger partial charge >= 0.3 is 12.1 Å². The summed E-state index contributed by atoms with van der Waals surface area (Å²) in [7, 11) is 0. The molecule has 11 nitrogen and oxygen atoms in total. The maximum atomic E-state index is 12.3. The number of nitrogens with zero attached hydrogens (tertiary/aromatic N) is 4. The molecule has 1 aromatic heterocycles. The summed E-state index contributed by atoms with van der Waals surface area (Å²) in [6, 6.07) is 11.0. The summed E-state index contributed by atoms with van der Waals surface area (Å²) >= 11 is 0. The smallest absolute Gasteiger partial charge is 0.412 e. The van der Waals surface area contributed by atoms with Gasteiger partial charge in [0.15, 0.2) is 0 Å². The van der Waals surface area contributed by atoms with E-state index in [1.807, 2.05) is 20.8 Å². The highest BCUT2D eigenvalue weighted by molar-refractivity contribution is 5.96. The molecule has 0 bridgehead atoms. The third-order valence-electron chi connectivity index (χ3n) is 4.70. The number of amides is 2. The second kappa shape index (κ2) is 10.1. The van der Waals surface area contributed by atoms with Crippen molar-refractivity contribution in [2.24, 2.45) is 5.41 Å². The van der Waals surface area contributed by atoms with Gasteiger partial charge in [0.2, 0.25) is 17.6 Å². The Kier molecular flexibility index (Phi) is 7.32. The summed E-state index contributed by atoms with van der Waals surface area (Å²) in [6.07, 6.45) is -0.762. The minimum atomic E-state index is -1.16. The highest BCUT2D eigenvalue weighted by Crippen LogP contribution is 2.27. The van der Waals surface area contributed by atoms with E-state index in [1.165, 1.54) is 18.2 Å². The van der Waals surface area contributed by atoms with Crippen molar-refractivity contribution >= 4 is 29.3 Å². The molecule has 0 saturated carbocycles. The van der Waals surface area contributed by atoms with Gasteiger partial charge in [0, 0.05) is 22.2 Å². The summed E-state index contributed by atoms with van der Waals surface area (Å²) in [4.78, 5) is 35.9. The third kappa shape index (κ3) is 6.81. The molecule has 0 spiro atoms. The van der Waals surface area contributed by atoms with Gasteiger partial charge in [-0.1, -0.05) is 20.8 Å². The normalized spacial score (nSPS) is 11.5. The van der Waals surface area contributed by atoms with Gasteiger partial charge in [-0.3, -0.25) is 10.1 Å². The first-order valence-corrected chi connectivity index (χ1v) is 11.1. The van der Waals surface area contributed by atoms with Crippen molar-refractivity contribution < 1.29 is 24.2 Å². The molecule has 1 heterocycles. The number of anilines is 2. The number of carboxylic acid groups (broad SMARTS) is 1. The molecular formula is C25H28N6O5. The molecule has 0 saturated heterocycles. The van der Waals surface area contributed by atoms with Crippen molar-refractivity contribution in [3.8, 4) is 22.8 Å². The maximum absolute atomic E-state index is 12.3. The first-order chi connectivity index (χ1) is 16.7. The van der Waals surface area contributed by atoms with E-state index >= 15 is 0 Å². The second-order valence-corrected chi connectivity index (χ2v) is 10.0. The fourth-order valence-corrected chi connectivity index (χ4v) is 2.86. The van der Waals surface area contributed by atoms with Crippen molar-refractivity contribution in [3.63, 3.8) is 0 Å². The third-order valence-corrected chi connectivity index (χ3v) is 4.70. The van der Waals surface area contributed by atoms with Crippen LogP contribution in [0.3, 0.4) is 0 Å². The zero-order valence-corrected chi connectivity index (χ0v) is 20.9. The van der Waals surface area contributed by atoms with Crippen LogP contribution in [0.2, 0.25) is 0 Å². The molecule has 0 aliphatic rings. The van der Waals surface area contributed by atoms with Crippen molar-refractivity contribution in [1.82, 2.24) is 20.4 Å². The van der Waals surface area contributed by atoms with E-state index in [2.05, 4.69) is 31.0 Å². The van der Waals surface area contributed by atoms with Gasteiger partial charge in [-0.2, -0.15) is 0 Å². The summed E-state index contributed by atoms with van der Waals surface area (Å²) in [5.41, 5.74) is 0.404. The average molecular weight is 493 g/mol. The van der Waals surface area contributed by atoms with Crippen LogP contribution in [0.4, 0.5) is 16.2 Å². The number of aromatic nitrogens is 4. The number of benzene rings is 2. The minimum absolute atomic E-state index is 0.0408. The lowest BCUT2D eigenvalue weighted by atomic mass is 9.95. The molecule has 188 valence electrons. The van der Waals surface area contributed by atoms with Crippen molar-refractivity contribution in [1.29, 1.82) is 0 Å². The van der Waals surface area contributed by atoms with Gasteiger partial charge in [-0.05, 0) is 63.2 Å². The van der Waals surface area contributed by atoms with Gasteiger partial charge in [0.05, 0.1) is 11.3 Å². The lowest BCUT2D eigenvalue weighted by Gasteiger charge is -2.20. The number of rotatable bonds is 5. The van der Waals surface area contributed by atoms with Crippen LogP contribution < -0.4 is 10.6 Å². The number of hydrogen-bond acceptors (Lipinski definition) is 8. The Morgan fingerprint density at radius 2 is 1.39 bits per heavy atom. The molecule has 0 radical (unpaired) electrons. The van der Waals surface area contributed by atoms with Crippen LogP contribution in [0.25, 0.3) is 22.8 Å². The Balaban J connectivity index is 1.85. The Labute approximate surface area is 208 Å². The number of carbonyl (C=O) groups is 3. The molecule has 11 heteroatoms. The molecule has 36 heavy (non-hydrogen) atoms. The Bertz CT molecular complexity index is 1280. The number of hydrogen-bond donors (Lipinski definition) is 3. The topological polar surface area (TPSA) is 156 Å². The van der Waals surface area contributed by atoms with Crippen molar-refractivity contribution in [2.75, 3.05) is 10.6 Å². The fourth-order valence-electron chi connectivity index (χ4n) is 2.86. The average Bonchev–Trinajstić information content (AvgIpc) is 2.78. The number of ether oxygens (including phenoxy) is 1. The van der Waals surface area contributed by atoms with E-state index in [1.54, 1.807) is 45.0 Å². The lowest BCUT2D eigenvalue weighted by Crippen LogP contribution is -2.27. The largest absolute Gasteiger partial charge is 0.478 e. The van der Waals surface area contributed by atoms with Gasteiger partial charge < -0.3 is 15.2 Å². The van der Waals surface area contributed by atoms with E-state index in [0.717, 1.165) is 0 Å². The SMILES string of the molecule is CC(C)(C)OC(=O)Nc1cc(C(=O)O)ccc1-c1nnc(-c2ccc(NC(=O)C(C)(C)C)cc2)nn1. The Hall–Kier alpha value is -4.41. The molecule has 0 aliphatic heterocycles. The zero-order valence-electron chi connectivity index (χ0n) is 20.9. The minimum Gasteiger partial charge on any atom is -0.478 e. The van der Waals surface area contributed by atoms with Crippen molar-refractivity contribution in [2.45, 2.75) is 47.1 Å². The van der Waals surface area contributed by atoms with Gasteiger partial charge in [-0.15, -0.1) is 20.4 Å². The molecule has 2 aromatic carbocycles. The van der Waals surface area contributed by atoms with Gasteiger partial charge in [-0.25, -0.2) is 9.59 Å². The first kappa shape index (κ1) is 26.2. The molecular weight excluding hydrogens is 464 g/mol. The van der Waals surface area contributed by atoms with E-state index in [0.29, 0.717) is 16.8 Å². The predicted molar refractivity (Wildman–Crippen MR) is 133 cm³/mol. The quantitative estimate of drug-likeness (QED) is 0.462. The van der Waals surface area contributed by atoms with Crippen LogP contribution in [0.5, 0.6) is 0 Å². The molecule has 2 amide bonds. The van der Waals surface area contributed by atoms with Crippen LogP contribution in [-0.2, 0) is 9.53 Å². The Morgan fingerprint density at radius 1 is 0.806 bits per heavy atom. The summed E-state index contributed by atoms with van der Waals surface area (Å²) in [6.45, 7) is 10.6. The molecule has 3 rings (SSSR count). The molecule has 0 unspecified atom stereocenters. The predicted octanol–water partition coefficient (Wildman–Crippen LogP) is 4.63. The standard InChI is InChI=1S/C25H28N6O5/c1-24(2,3)22(34)26-16-10-7-14(8-11-16)19-28-30-20(31-29-19)17-12-9-15(21(32)33)13-18(17)27-23(35)36-25(4,5)6/h7-13H,1-6H3,(H,26,34)(H,27,35)(H,32,33). The summed E-state index contributed by atoms with van der Waals surface area (Å²) in [5.74, 6) is -0.945. The second-order valence-electron chi connectivity index (χ2n) is 10.0. The number of nitrogens with one attached hydrogen (secondary N) is 2. The number of aromatic carboxylic acids is 1. The van der Waals surface area contributed by atoms with Crippen LogP contribution in [-0.4, -0.2) is 49.1 Å². The number of carbonyl (C=O) groups excluding carboxylic acids is 2. The van der Waals surface area contributed by atoms with Crippen LogP contribution >= 0.6 is 0 Å². The molecule has 0 atom stereocenters. The highest BCUT2D eigenvalue weighted by Gasteiger charge is 2.22.